The van der Waals surface area contributed by atoms with E-state index in [1.54, 1.807) is 4.68 Å². The summed E-state index contributed by atoms with van der Waals surface area (Å²) in [6, 6.07) is 24.7. The molecule has 0 aliphatic heterocycles. The molecule has 0 amide bonds. The molecule has 0 spiro atoms. The second-order valence-electron chi connectivity index (χ2n) is 10.3. The van der Waals surface area contributed by atoms with Gasteiger partial charge in [-0.15, -0.1) is 0 Å². The zero-order valence-corrected chi connectivity index (χ0v) is 21.5. The van der Waals surface area contributed by atoms with Crippen LogP contribution in [0.2, 0.25) is 0 Å². The minimum atomic E-state index is -0.0939. The average molecular weight is 489 g/mol. The monoisotopic (exact) mass is 488 g/mol. The van der Waals surface area contributed by atoms with Crippen molar-refractivity contribution >= 4 is 28.0 Å². The first-order chi connectivity index (χ1) is 18.1. The van der Waals surface area contributed by atoms with Gasteiger partial charge >= 0.3 is 0 Å². The zero-order valence-electron chi connectivity index (χ0n) is 21.5. The molecular formula is C32H32N4O. The number of aromatic nitrogens is 3. The summed E-state index contributed by atoms with van der Waals surface area (Å²) in [7, 11) is 0. The maximum absolute atomic E-state index is 13.6. The molecule has 0 bridgehead atoms. The highest BCUT2D eigenvalue weighted by Gasteiger charge is 2.22. The van der Waals surface area contributed by atoms with Crippen molar-refractivity contribution in [3.8, 4) is 0 Å². The molecular weight excluding hydrogens is 456 g/mol. The topological polar surface area (TPSA) is 52.2 Å². The second kappa shape index (κ2) is 9.81. The summed E-state index contributed by atoms with van der Waals surface area (Å²) in [6.45, 7) is 5.05. The fourth-order valence-corrected chi connectivity index (χ4v) is 5.81. The first kappa shape index (κ1) is 23.4. The van der Waals surface area contributed by atoms with Crippen LogP contribution in [0.4, 0.5) is 0 Å². The van der Waals surface area contributed by atoms with Gasteiger partial charge in [0.25, 0.3) is 5.56 Å². The lowest BCUT2D eigenvalue weighted by molar-refractivity contribution is 0.416. The second-order valence-corrected chi connectivity index (χ2v) is 10.3. The Kier molecular flexibility index (Phi) is 6.21. The smallest absolute Gasteiger partial charge is 0.282 e. The van der Waals surface area contributed by atoms with Gasteiger partial charge in [-0.25, -0.2) is 4.98 Å². The van der Waals surface area contributed by atoms with Gasteiger partial charge in [0.15, 0.2) is 0 Å². The molecule has 5 heteroatoms. The number of hydrogen-bond acceptors (Lipinski definition) is 3. The van der Waals surface area contributed by atoms with Crippen LogP contribution in [0.25, 0.3) is 21.8 Å². The van der Waals surface area contributed by atoms with E-state index in [2.05, 4.69) is 66.9 Å². The van der Waals surface area contributed by atoms with E-state index in [0.717, 1.165) is 47.4 Å². The van der Waals surface area contributed by atoms with Gasteiger partial charge < -0.3 is 4.57 Å². The third-order valence-corrected chi connectivity index (χ3v) is 7.75. The Morgan fingerprint density at radius 2 is 1.68 bits per heavy atom. The Morgan fingerprint density at radius 1 is 0.919 bits per heavy atom. The summed E-state index contributed by atoms with van der Waals surface area (Å²) in [5.41, 5.74) is 6.52. The zero-order chi connectivity index (χ0) is 25.4. The highest BCUT2D eigenvalue weighted by molar-refractivity contribution is 6.01. The molecule has 0 N–H and O–H groups in total. The van der Waals surface area contributed by atoms with Crippen molar-refractivity contribution in [2.24, 2.45) is 5.10 Å². The van der Waals surface area contributed by atoms with Crippen LogP contribution in [0.15, 0.2) is 82.7 Å². The van der Waals surface area contributed by atoms with Crippen molar-refractivity contribution < 1.29 is 0 Å². The number of para-hydroxylation sites is 2. The maximum Gasteiger partial charge on any atom is 0.282 e. The number of fused-ring (bicyclic) bond motifs is 2. The van der Waals surface area contributed by atoms with Crippen LogP contribution in [-0.2, 0) is 6.54 Å². The van der Waals surface area contributed by atoms with Crippen LogP contribution in [0.1, 0.15) is 66.2 Å². The van der Waals surface area contributed by atoms with Gasteiger partial charge in [0.1, 0.15) is 5.82 Å². The van der Waals surface area contributed by atoms with Crippen LogP contribution >= 0.6 is 0 Å². The summed E-state index contributed by atoms with van der Waals surface area (Å²) in [4.78, 5) is 18.6. The Balaban J connectivity index is 1.48. The molecule has 37 heavy (non-hydrogen) atoms. The molecule has 6 rings (SSSR count). The van der Waals surface area contributed by atoms with Gasteiger partial charge in [-0.05, 0) is 50.5 Å². The lowest BCUT2D eigenvalue weighted by Gasteiger charge is -2.22. The number of aryl methyl sites for hydroxylation is 1. The molecule has 1 fully saturated rings. The molecule has 1 aliphatic carbocycles. The molecule has 1 aliphatic rings. The normalized spacial score (nSPS) is 14.8. The summed E-state index contributed by atoms with van der Waals surface area (Å²) in [5, 5.41) is 6.60. The number of hydrogen-bond donors (Lipinski definition) is 0. The molecule has 5 aromatic rings. The van der Waals surface area contributed by atoms with Crippen LogP contribution in [0, 0.1) is 13.8 Å². The van der Waals surface area contributed by atoms with E-state index in [9.17, 15) is 4.79 Å². The summed E-state index contributed by atoms with van der Waals surface area (Å²) < 4.78 is 3.92. The number of nitrogens with zero attached hydrogens (tertiary/aromatic N) is 4. The van der Waals surface area contributed by atoms with Gasteiger partial charge in [-0.1, -0.05) is 79.4 Å². The number of rotatable bonds is 5. The van der Waals surface area contributed by atoms with E-state index in [-0.39, 0.29) is 11.5 Å². The summed E-state index contributed by atoms with van der Waals surface area (Å²) in [5.74, 6) is 1.05. The molecule has 0 unspecified atom stereocenters. The molecule has 0 atom stereocenters. The van der Waals surface area contributed by atoms with Crippen LogP contribution in [-0.4, -0.2) is 20.4 Å². The van der Waals surface area contributed by atoms with Crippen molar-refractivity contribution in [3.05, 3.63) is 111 Å². The van der Waals surface area contributed by atoms with Gasteiger partial charge in [-0.2, -0.15) is 9.78 Å². The largest absolute Gasteiger partial charge is 0.340 e. The highest BCUT2D eigenvalue weighted by atomic mass is 16.1. The summed E-state index contributed by atoms with van der Waals surface area (Å²) in [6.07, 6.45) is 7.56. The molecule has 3 aromatic carbocycles. The van der Waals surface area contributed by atoms with Gasteiger partial charge in [0.05, 0.1) is 17.1 Å². The lowest BCUT2D eigenvalue weighted by Crippen LogP contribution is -2.25. The van der Waals surface area contributed by atoms with E-state index in [4.69, 9.17) is 10.1 Å². The van der Waals surface area contributed by atoms with Crippen LogP contribution in [0.5, 0.6) is 0 Å². The molecule has 186 valence electrons. The van der Waals surface area contributed by atoms with Crippen LogP contribution < -0.4 is 5.56 Å². The molecule has 2 aromatic heterocycles. The van der Waals surface area contributed by atoms with Crippen molar-refractivity contribution in [1.82, 2.24) is 14.2 Å². The minimum Gasteiger partial charge on any atom is -0.340 e. The van der Waals surface area contributed by atoms with Crippen molar-refractivity contribution in [1.29, 1.82) is 0 Å². The number of benzene rings is 3. The van der Waals surface area contributed by atoms with E-state index in [1.807, 2.05) is 30.5 Å². The quantitative estimate of drug-likeness (QED) is 0.252. The first-order valence-corrected chi connectivity index (χ1v) is 13.3. The Labute approximate surface area is 217 Å². The van der Waals surface area contributed by atoms with Crippen molar-refractivity contribution in [2.75, 3.05) is 0 Å². The molecule has 2 heterocycles. The van der Waals surface area contributed by atoms with Crippen molar-refractivity contribution in [2.45, 2.75) is 58.4 Å². The molecule has 0 saturated heterocycles. The standard InChI is InChI=1S/C32H32N4O/c1-22-11-10-12-24(19-22)21-35-23(2)28(26-15-7-9-18-30(26)35)20-33-36-31(25-13-4-3-5-14-25)34-29-17-8-6-16-27(29)32(36)37/h6-12,15-20,25H,3-5,13-14,21H2,1-2H3. The Hall–Kier alpha value is -3.99. The first-order valence-electron chi connectivity index (χ1n) is 13.3. The Morgan fingerprint density at radius 3 is 2.49 bits per heavy atom. The van der Waals surface area contributed by atoms with E-state index < -0.39 is 0 Å². The molecule has 1 saturated carbocycles. The fraction of sp³-hybridized carbons (Fsp3) is 0.281. The predicted octanol–water partition coefficient (Wildman–Crippen LogP) is 6.95. The van der Waals surface area contributed by atoms with Gasteiger partial charge in [0.2, 0.25) is 0 Å². The van der Waals surface area contributed by atoms with E-state index in [1.165, 1.54) is 35.9 Å². The minimum absolute atomic E-state index is 0.0939. The SMILES string of the molecule is Cc1cccc(Cn2c(C)c(C=Nn3c(C4CCCCC4)nc4ccccc4c3=O)c3ccccc32)c1. The van der Waals surface area contributed by atoms with E-state index >= 15 is 0 Å². The summed E-state index contributed by atoms with van der Waals surface area (Å²) >= 11 is 0. The highest BCUT2D eigenvalue weighted by Crippen LogP contribution is 2.32. The van der Waals surface area contributed by atoms with Crippen molar-refractivity contribution in [3.63, 3.8) is 0 Å². The maximum atomic E-state index is 13.6. The molecule has 5 nitrogen and oxygen atoms in total. The predicted molar refractivity (Wildman–Crippen MR) is 152 cm³/mol. The van der Waals surface area contributed by atoms with Crippen LogP contribution in [0.3, 0.4) is 0 Å². The average Bonchev–Trinajstić information content (AvgIpc) is 3.19. The third-order valence-electron chi connectivity index (χ3n) is 7.75. The van der Waals surface area contributed by atoms with E-state index in [0.29, 0.717) is 5.39 Å². The molecule has 0 radical (unpaired) electrons. The third kappa shape index (κ3) is 4.39. The lowest BCUT2D eigenvalue weighted by atomic mass is 9.88. The fourth-order valence-electron chi connectivity index (χ4n) is 5.81. The van der Waals surface area contributed by atoms with Gasteiger partial charge in [-0.3, -0.25) is 4.79 Å². The Bertz CT molecular complexity index is 1690. The van der Waals surface area contributed by atoms with Gasteiger partial charge in [0, 0.05) is 34.6 Å².